The maximum Gasteiger partial charge on any atom is 0.325 e. The quantitative estimate of drug-likeness (QED) is 0.772. The van der Waals surface area contributed by atoms with Crippen LogP contribution in [-0.2, 0) is 15.1 Å². The Morgan fingerprint density at radius 2 is 2.00 bits per heavy atom. The van der Waals surface area contributed by atoms with E-state index < -0.39 is 41.6 Å². The van der Waals surface area contributed by atoms with E-state index in [0.29, 0.717) is 11.8 Å². The number of hydrogen-bond acceptors (Lipinski definition) is 3. The molecule has 0 radical (unpaired) electrons. The molecular weight excluding hydrogens is 368 g/mol. The predicted octanol–water partition coefficient (Wildman–Crippen LogP) is 2.67. The molecule has 1 aromatic carbocycles. The second-order valence-electron chi connectivity index (χ2n) is 8.01. The molecule has 0 aromatic heterocycles. The fraction of sp³-hybridized carbons (Fsp3) is 0.550. The van der Waals surface area contributed by atoms with Crippen molar-refractivity contribution >= 4 is 17.8 Å². The molecule has 2 N–H and O–H groups in total. The zero-order valence-electron chi connectivity index (χ0n) is 16.2. The number of hydrogen-bond donors (Lipinski definition) is 2. The highest BCUT2D eigenvalue weighted by atomic mass is 19.1. The van der Waals surface area contributed by atoms with Crippen LogP contribution < -0.4 is 10.6 Å². The molecule has 1 aliphatic heterocycles. The van der Waals surface area contributed by atoms with Crippen molar-refractivity contribution in [3.05, 3.63) is 35.4 Å². The number of benzene rings is 1. The molecular formula is C20H25F2N3O3. The highest BCUT2D eigenvalue weighted by Crippen LogP contribution is 2.32. The van der Waals surface area contributed by atoms with Crippen LogP contribution in [0.25, 0.3) is 0 Å². The Bertz CT molecular complexity index is 816. The maximum absolute atomic E-state index is 14.2. The van der Waals surface area contributed by atoms with E-state index in [9.17, 15) is 23.2 Å². The van der Waals surface area contributed by atoms with Crippen LogP contribution in [0.5, 0.6) is 0 Å². The number of carbonyl (C=O) groups excluding carboxylic acids is 3. The molecule has 8 heteroatoms. The Morgan fingerprint density at radius 1 is 1.29 bits per heavy atom. The molecule has 1 aromatic rings. The van der Waals surface area contributed by atoms with Gasteiger partial charge in [-0.05, 0) is 43.4 Å². The monoisotopic (exact) mass is 393 g/mol. The van der Waals surface area contributed by atoms with Crippen LogP contribution in [0, 0.1) is 23.5 Å². The average Bonchev–Trinajstić information content (AvgIpc) is 2.85. The van der Waals surface area contributed by atoms with E-state index in [1.54, 1.807) is 0 Å². The van der Waals surface area contributed by atoms with Gasteiger partial charge in [0.1, 0.15) is 23.7 Å². The average molecular weight is 393 g/mol. The molecule has 152 valence electrons. The molecule has 4 amide bonds. The summed E-state index contributed by atoms with van der Waals surface area (Å²) in [5.41, 5.74) is -2.04. The first kappa shape index (κ1) is 20.2. The van der Waals surface area contributed by atoms with E-state index in [0.717, 1.165) is 42.4 Å². The van der Waals surface area contributed by atoms with Crippen molar-refractivity contribution in [1.29, 1.82) is 0 Å². The molecule has 1 aliphatic carbocycles. The fourth-order valence-corrected chi connectivity index (χ4v) is 4.09. The van der Waals surface area contributed by atoms with Crippen molar-refractivity contribution in [2.75, 3.05) is 6.54 Å². The zero-order chi connectivity index (χ0) is 20.6. The molecule has 1 heterocycles. The van der Waals surface area contributed by atoms with Crippen molar-refractivity contribution in [2.24, 2.45) is 11.8 Å². The number of nitrogens with one attached hydrogen (secondary N) is 2. The second-order valence-corrected chi connectivity index (χ2v) is 8.01. The smallest absolute Gasteiger partial charge is 0.325 e. The van der Waals surface area contributed by atoms with Crippen LogP contribution in [0.15, 0.2) is 18.2 Å². The van der Waals surface area contributed by atoms with E-state index in [1.807, 2.05) is 0 Å². The Labute approximate surface area is 162 Å². The van der Waals surface area contributed by atoms with Gasteiger partial charge in [-0.25, -0.2) is 13.6 Å². The molecule has 1 saturated heterocycles. The molecule has 1 saturated carbocycles. The molecule has 2 aliphatic rings. The number of rotatable bonds is 4. The van der Waals surface area contributed by atoms with Gasteiger partial charge in [-0.2, -0.15) is 0 Å². The first-order valence-corrected chi connectivity index (χ1v) is 9.52. The summed E-state index contributed by atoms with van der Waals surface area (Å²) in [6.07, 6.45) is 2.97. The molecule has 3 rings (SSSR count). The summed E-state index contributed by atoms with van der Waals surface area (Å²) in [5.74, 6) is -1.99. The molecule has 0 spiro atoms. The van der Waals surface area contributed by atoms with Gasteiger partial charge in [0.2, 0.25) is 5.91 Å². The number of nitrogens with zero attached hydrogens (tertiary/aromatic N) is 1. The van der Waals surface area contributed by atoms with Gasteiger partial charge in [-0.15, -0.1) is 0 Å². The minimum atomic E-state index is -1.77. The third kappa shape index (κ3) is 3.59. The maximum atomic E-state index is 14.2. The summed E-state index contributed by atoms with van der Waals surface area (Å²) in [6, 6.07) is 1.89. The van der Waals surface area contributed by atoms with Crippen LogP contribution in [0.4, 0.5) is 13.6 Å². The summed E-state index contributed by atoms with van der Waals surface area (Å²) >= 11 is 0. The number of halogens is 2. The Hall–Kier alpha value is -2.51. The third-order valence-electron chi connectivity index (χ3n) is 6.10. The van der Waals surface area contributed by atoms with E-state index in [4.69, 9.17) is 0 Å². The van der Waals surface area contributed by atoms with Crippen molar-refractivity contribution in [2.45, 2.75) is 51.6 Å². The van der Waals surface area contributed by atoms with E-state index in [-0.39, 0.29) is 11.6 Å². The van der Waals surface area contributed by atoms with Crippen LogP contribution in [0.2, 0.25) is 0 Å². The number of carbonyl (C=O) groups is 3. The highest BCUT2D eigenvalue weighted by Gasteiger charge is 2.51. The van der Waals surface area contributed by atoms with Crippen LogP contribution >= 0.6 is 0 Å². The first-order valence-electron chi connectivity index (χ1n) is 9.52. The minimum absolute atomic E-state index is 0.0101. The molecule has 2 fully saturated rings. The van der Waals surface area contributed by atoms with E-state index in [1.165, 1.54) is 6.92 Å². The highest BCUT2D eigenvalue weighted by molar-refractivity contribution is 6.09. The Balaban J connectivity index is 1.73. The lowest BCUT2D eigenvalue weighted by Gasteiger charge is -2.34. The summed E-state index contributed by atoms with van der Waals surface area (Å²) in [5, 5.41) is 5.30. The van der Waals surface area contributed by atoms with Crippen molar-refractivity contribution in [3.63, 3.8) is 0 Å². The summed E-state index contributed by atoms with van der Waals surface area (Å²) < 4.78 is 27.7. The number of urea groups is 1. The van der Waals surface area contributed by atoms with Crippen LogP contribution in [-0.4, -0.2) is 35.3 Å². The fourth-order valence-electron chi connectivity index (χ4n) is 4.09. The number of amides is 4. The topological polar surface area (TPSA) is 78.5 Å². The molecule has 28 heavy (non-hydrogen) atoms. The largest absolute Gasteiger partial charge is 0.352 e. The summed E-state index contributed by atoms with van der Waals surface area (Å²) in [6.45, 7) is 5.05. The van der Waals surface area contributed by atoms with E-state index in [2.05, 4.69) is 24.5 Å². The molecule has 4 atom stereocenters. The molecule has 0 bridgehead atoms. The van der Waals surface area contributed by atoms with Gasteiger partial charge in [0.25, 0.3) is 5.91 Å². The zero-order valence-corrected chi connectivity index (χ0v) is 16.2. The van der Waals surface area contributed by atoms with Crippen molar-refractivity contribution in [1.82, 2.24) is 15.5 Å². The van der Waals surface area contributed by atoms with Gasteiger partial charge in [0, 0.05) is 11.6 Å². The molecule has 6 nitrogen and oxygen atoms in total. The SMILES string of the molecule is C[C@H]1[C@@H](NC(=O)CN2C(=O)N[C@](C)(c3cc(F)ccc3F)C2=O)CCC[C@@H]1C. The van der Waals surface area contributed by atoms with Gasteiger partial charge in [0.05, 0.1) is 0 Å². The number of imide groups is 1. The summed E-state index contributed by atoms with van der Waals surface area (Å²) in [7, 11) is 0. The van der Waals surface area contributed by atoms with Crippen molar-refractivity contribution < 1.29 is 23.2 Å². The molecule has 0 unspecified atom stereocenters. The predicted molar refractivity (Wildman–Crippen MR) is 98.1 cm³/mol. The van der Waals surface area contributed by atoms with Gasteiger partial charge in [-0.3, -0.25) is 14.5 Å². The third-order valence-corrected chi connectivity index (χ3v) is 6.10. The van der Waals surface area contributed by atoms with Crippen LogP contribution in [0.3, 0.4) is 0 Å². The van der Waals surface area contributed by atoms with Crippen molar-refractivity contribution in [3.8, 4) is 0 Å². The van der Waals surface area contributed by atoms with Gasteiger partial charge in [-0.1, -0.05) is 26.7 Å². The van der Waals surface area contributed by atoms with Gasteiger partial charge >= 0.3 is 6.03 Å². The minimum Gasteiger partial charge on any atom is -0.352 e. The normalized spacial score (nSPS) is 30.3. The summed E-state index contributed by atoms with van der Waals surface area (Å²) in [4.78, 5) is 38.3. The Kier molecular flexibility index (Phi) is 5.41. The van der Waals surface area contributed by atoms with Gasteiger partial charge < -0.3 is 10.6 Å². The standard InChI is InChI=1S/C20H25F2N3O3/c1-11-5-4-6-16(12(11)2)23-17(26)10-25-18(27)20(3,24-19(25)28)14-9-13(21)7-8-15(14)22/h7-9,11-12,16H,4-6,10H2,1-3H3,(H,23,26)(H,24,28)/t11-,12+,16-,20+/m0/s1. The lowest BCUT2D eigenvalue weighted by Crippen LogP contribution is -2.49. The lowest BCUT2D eigenvalue weighted by atomic mass is 9.78. The van der Waals surface area contributed by atoms with Crippen LogP contribution in [0.1, 0.15) is 45.6 Å². The lowest BCUT2D eigenvalue weighted by molar-refractivity contribution is -0.135. The first-order chi connectivity index (χ1) is 13.1. The van der Waals surface area contributed by atoms with Gasteiger partial charge in [0.15, 0.2) is 0 Å². The Morgan fingerprint density at radius 3 is 2.71 bits per heavy atom. The van der Waals surface area contributed by atoms with E-state index >= 15 is 0 Å². The second kappa shape index (κ2) is 7.48.